The van der Waals surface area contributed by atoms with E-state index in [2.05, 4.69) is 10.2 Å². The maximum absolute atomic E-state index is 12.2. The lowest BCUT2D eigenvalue weighted by atomic mass is 10.1. The van der Waals surface area contributed by atoms with Gasteiger partial charge in [0.1, 0.15) is 6.10 Å². The molecule has 0 bridgehead atoms. The molecule has 0 saturated carbocycles. The molecule has 2 rings (SSSR count). The highest BCUT2D eigenvalue weighted by molar-refractivity contribution is 7.88. The van der Waals surface area contributed by atoms with E-state index in [9.17, 15) is 13.2 Å². The Kier molecular flexibility index (Phi) is 5.53. The van der Waals surface area contributed by atoms with Gasteiger partial charge in [0.2, 0.25) is 21.8 Å². The number of likely N-dealkylation sites (tertiary alicyclic amines) is 1. The van der Waals surface area contributed by atoms with E-state index < -0.39 is 10.0 Å². The molecule has 1 aliphatic rings. The standard InChI is InChI=1S/C14H22N4O4S/c1-11-6-7-13(16-15-11)22-12-5-4-8-18(9-12)14(19)10-17(2)23(3,20)21/h6-7,12H,4-5,8-10H2,1-3H3. The Hall–Kier alpha value is -1.74. The van der Waals surface area contributed by atoms with Crippen LogP contribution >= 0.6 is 0 Å². The minimum atomic E-state index is -3.37. The van der Waals surface area contributed by atoms with Crippen LogP contribution in [0.5, 0.6) is 5.88 Å². The van der Waals surface area contributed by atoms with Crippen molar-refractivity contribution in [2.24, 2.45) is 0 Å². The van der Waals surface area contributed by atoms with Gasteiger partial charge >= 0.3 is 0 Å². The van der Waals surface area contributed by atoms with Gasteiger partial charge < -0.3 is 9.64 Å². The number of piperidine rings is 1. The molecule has 1 aromatic rings. The van der Waals surface area contributed by atoms with Crippen molar-refractivity contribution in [2.75, 3.05) is 32.9 Å². The van der Waals surface area contributed by atoms with E-state index >= 15 is 0 Å². The lowest BCUT2D eigenvalue weighted by molar-refractivity contribution is -0.133. The third-order valence-corrected chi connectivity index (χ3v) is 4.98. The molecule has 0 aliphatic carbocycles. The fourth-order valence-corrected chi connectivity index (χ4v) is 2.63. The van der Waals surface area contributed by atoms with Gasteiger partial charge in [-0.25, -0.2) is 8.42 Å². The van der Waals surface area contributed by atoms with Crippen molar-refractivity contribution in [1.82, 2.24) is 19.4 Å². The van der Waals surface area contributed by atoms with E-state index in [-0.39, 0.29) is 18.6 Å². The van der Waals surface area contributed by atoms with Crippen LogP contribution in [-0.2, 0) is 14.8 Å². The Morgan fingerprint density at radius 2 is 2.17 bits per heavy atom. The largest absolute Gasteiger partial charge is 0.471 e. The number of hydrogen-bond acceptors (Lipinski definition) is 6. The second-order valence-electron chi connectivity index (χ2n) is 5.75. The summed E-state index contributed by atoms with van der Waals surface area (Å²) >= 11 is 0. The van der Waals surface area contributed by atoms with Gasteiger partial charge in [-0.3, -0.25) is 4.79 Å². The van der Waals surface area contributed by atoms with Gasteiger partial charge in [-0.1, -0.05) is 0 Å². The molecule has 23 heavy (non-hydrogen) atoms. The fraction of sp³-hybridized carbons (Fsp3) is 0.643. The number of aryl methyl sites for hydroxylation is 1. The maximum atomic E-state index is 12.2. The van der Waals surface area contributed by atoms with Gasteiger partial charge in [0, 0.05) is 19.7 Å². The first-order valence-electron chi connectivity index (χ1n) is 7.42. The maximum Gasteiger partial charge on any atom is 0.238 e. The quantitative estimate of drug-likeness (QED) is 0.750. The van der Waals surface area contributed by atoms with Crippen molar-refractivity contribution >= 4 is 15.9 Å². The molecule has 1 saturated heterocycles. The van der Waals surface area contributed by atoms with Crippen LogP contribution < -0.4 is 4.74 Å². The van der Waals surface area contributed by atoms with Crippen LogP contribution in [0, 0.1) is 6.92 Å². The first kappa shape index (κ1) is 17.6. The number of amides is 1. The summed E-state index contributed by atoms with van der Waals surface area (Å²) in [6.45, 7) is 2.72. The Labute approximate surface area is 136 Å². The van der Waals surface area contributed by atoms with E-state index in [1.54, 1.807) is 11.0 Å². The van der Waals surface area contributed by atoms with Gasteiger partial charge in [0.05, 0.1) is 25.0 Å². The van der Waals surface area contributed by atoms with E-state index in [4.69, 9.17) is 4.74 Å². The van der Waals surface area contributed by atoms with Crippen molar-refractivity contribution in [1.29, 1.82) is 0 Å². The molecule has 1 fully saturated rings. The number of carbonyl (C=O) groups excluding carboxylic acids is 1. The average Bonchev–Trinajstić information content (AvgIpc) is 2.49. The van der Waals surface area contributed by atoms with E-state index in [0.29, 0.717) is 19.0 Å². The minimum absolute atomic E-state index is 0.157. The second-order valence-corrected chi connectivity index (χ2v) is 7.84. The lowest BCUT2D eigenvalue weighted by Crippen LogP contribution is -2.48. The van der Waals surface area contributed by atoms with Crippen LogP contribution in [0.2, 0.25) is 0 Å². The number of nitrogens with zero attached hydrogens (tertiary/aromatic N) is 4. The molecular formula is C14H22N4O4S. The van der Waals surface area contributed by atoms with Crippen molar-refractivity contribution < 1.29 is 17.9 Å². The van der Waals surface area contributed by atoms with Gasteiger partial charge in [-0.05, 0) is 25.8 Å². The van der Waals surface area contributed by atoms with Crippen LogP contribution in [0.3, 0.4) is 0 Å². The first-order chi connectivity index (χ1) is 10.8. The van der Waals surface area contributed by atoms with Gasteiger partial charge in [-0.2, -0.15) is 9.40 Å². The molecule has 0 radical (unpaired) electrons. The highest BCUT2D eigenvalue weighted by Gasteiger charge is 2.27. The molecule has 1 unspecified atom stereocenters. The van der Waals surface area contributed by atoms with Crippen LogP contribution in [0.25, 0.3) is 0 Å². The third kappa shape index (κ3) is 5.14. The normalized spacial score (nSPS) is 19.0. The molecule has 1 aliphatic heterocycles. The molecule has 8 nitrogen and oxygen atoms in total. The minimum Gasteiger partial charge on any atom is -0.471 e. The van der Waals surface area contributed by atoms with Crippen molar-refractivity contribution in [3.05, 3.63) is 17.8 Å². The summed E-state index contributed by atoms with van der Waals surface area (Å²) in [4.78, 5) is 13.9. The van der Waals surface area contributed by atoms with Gasteiger partial charge in [-0.15, -0.1) is 5.10 Å². The van der Waals surface area contributed by atoms with E-state index in [0.717, 1.165) is 29.1 Å². The topological polar surface area (TPSA) is 92.7 Å². The molecule has 1 aromatic heterocycles. The fourth-order valence-electron chi connectivity index (χ4n) is 2.29. The zero-order valence-corrected chi connectivity index (χ0v) is 14.4. The number of ether oxygens (including phenoxy) is 1. The summed E-state index contributed by atoms with van der Waals surface area (Å²) in [6, 6.07) is 3.57. The Morgan fingerprint density at radius 3 is 2.78 bits per heavy atom. The van der Waals surface area contributed by atoms with E-state index in [1.165, 1.54) is 7.05 Å². The van der Waals surface area contributed by atoms with Crippen molar-refractivity contribution in [2.45, 2.75) is 25.9 Å². The summed E-state index contributed by atoms with van der Waals surface area (Å²) < 4.78 is 29.6. The predicted molar refractivity (Wildman–Crippen MR) is 84.5 cm³/mol. The number of likely N-dealkylation sites (N-methyl/N-ethyl adjacent to an activating group) is 1. The molecular weight excluding hydrogens is 320 g/mol. The Balaban J connectivity index is 1.92. The summed E-state index contributed by atoms with van der Waals surface area (Å²) in [6.07, 6.45) is 2.55. The molecule has 0 N–H and O–H groups in total. The van der Waals surface area contributed by atoms with Crippen LogP contribution in [0.15, 0.2) is 12.1 Å². The molecule has 0 spiro atoms. The zero-order valence-electron chi connectivity index (χ0n) is 13.6. The first-order valence-corrected chi connectivity index (χ1v) is 9.26. The van der Waals surface area contributed by atoms with Crippen LogP contribution in [0.4, 0.5) is 0 Å². The molecule has 1 atom stereocenters. The summed E-state index contributed by atoms with van der Waals surface area (Å²) in [5.41, 5.74) is 0.807. The van der Waals surface area contributed by atoms with Gasteiger partial charge in [0.25, 0.3) is 0 Å². The van der Waals surface area contributed by atoms with Crippen LogP contribution in [-0.4, -0.2) is 72.8 Å². The number of hydrogen-bond donors (Lipinski definition) is 0. The molecule has 128 valence electrons. The molecule has 2 heterocycles. The highest BCUT2D eigenvalue weighted by Crippen LogP contribution is 2.16. The lowest BCUT2D eigenvalue weighted by Gasteiger charge is -2.33. The summed E-state index contributed by atoms with van der Waals surface area (Å²) in [7, 11) is -1.97. The average molecular weight is 342 g/mol. The van der Waals surface area contributed by atoms with E-state index in [1.807, 2.05) is 13.0 Å². The number of aromatic nitrogens is 2. The smallest absolute Gasteiger partial charge is 0.238 e. The second kappa shape index (κ2) is 7.22. The van der Waals surface area contributed by atoms with Crippen molar-refractivity contribution in [3.63, 3.8) is 0 Å². The van der Waals surface area contributed by atoms with Gasteiger partial charge in [0.15, 0.2) is 0 Å². The zero-order chi connectivity index (χ0) is 17.0. The summed E-state index contributed by atoms with van der Waals surface area (Å²) in [5.74, 6) is 0.212. The number of carbonyl (C=O) groups is 1. The van der Waals surface area contributed by atoms with Crippen molar-refractivity contribution in [3.8, 4) is 5.88 Å². The number of rotatable bonds is 5. The Morgan fingerprint density at radius 1 is 1.43 bits per heavy atom. The third-order valence-electron chi connectivity index (χ3n) is 3.72. The predicted octanol–water partition coefficient (Wildman–Crippen LogP) is 0.0462. The monoisotopic (exact) mass is 342 g/mol. The molecule has 9 heteroatoms. The number of sulfonamides is 1. The molecule has 1 amide bonds. The Bertz CT molecular complexity index is 647. The highest BCUT2D eigenvalue weighted by atomic mass is 32.2. The molecule has 0 aromatic carbocycles. The SMILES string of the molecule is Cc1ccc(OC2CCCN(C(=O)CN(C)S(C)(=O)=O)C2)nn1. The summed E-state index contributed by atoms with van der Waals surface area (Å²) in [5, 5.41) is 7.90. The van der Waals surface area contributed by atoms with Crippen LogP contribution in [0.1, 0.15) is 18.5 Å².